The third kappa shape index (κ3) is 5.28. The van der Waals surface area contributed by atoms with Gasteiger partial charge in [0.1, 0.15) is 11.5 Å². The first-order chi connectivity index (χ1) is 13.9. The Morgan fingerprint density at radius 3 is 2.28 bits per heavy atom. The zero-order valence-corrected chi connectivity index (χ0v) is 15.4. The van der Waals surface area contributed by atoms with Crippen molar-refractivity contribution in [3.8, 4) is 11.5 Å². The van der Waals surface area contributed by atoms with E-state index in [1.807, 2.05) is 0 Å². The van der Waals surface area contributed by atoms with Crippen LogP contribution in [0.1, 0.15) is 17.2 Å². The third-order valence-electron chi connectivity index (χ3n) is 4.09. The summed E-state index contributed by atoms with van der Waals surface area (Å²) >= 11 is 0. The van der Waals surface area contributed by atoms with Crippen LogP contribution in [0.4, 0.5) is 18.9 Å². The topological polar surface area (TPSA) is 47.6 Å². The van der Waals surface area contributed by atoms with Gasteiger partial charge in [0.2, 0.25) is 6.10 Å². The molecule has 3 rings (SSSR count). The molecule has 0 saturated heterocycles. The molecule has 1 unspecified atom stereocenters. The Kier molecular flexibility index (Phi) is 6.07. The van der Waals surface area contributed by atoms with Crippen LogP contribution in [-0.4, -0.2) is 13.0 Å². The monoisotopic (exact) mass is 401 g/mol. The summed E-state index contributed by atoms with van der Waals surface area (Å²) in [6.45, 7) is 0. The minimum Gasteiger partial charge on any atom is -0.497 e. The summed E-state index contributed by atoms with van der Waals surface area (Å²) in [5.41, 5.74) is -0.264. The van der Waals surface area contributed by atoms with Crippen molar-refractivity contribution >= 4 is 11.6 Å². The summed E-state index contributed by atoms with van der Waals surface area (Å²) in [5, 5.41) is 2.51. The molecule has 3 aromatic carbocycles. The minimum atomic E-state index is -4.50. The molecule has 1 amide bonds. The quantitative estimate of drug-likeness (QED) is 0.596. The van der Waals surface area contributed by atoms with Crippen molar-refractivity contribution in [3.05, 3.63) is 90.0 Å². The van der Waals surface area contributed by atoms with Gasteiger partial charge in [0.25, 0.3) is 5.91 Å². The van der Waals surface area contributed by atoms with E-state index in [2.05, 4.69) is 5.32 Å². The molecule has 4 nitrogen and oxygen atoms in total. The number of benzene rings is 3. The number of carbonyl (C=O) groups is 1. The van der Waals surface area contributed by atoms with E-state index in [0.717, 1.165) is 12.1 Å². The maximum absolute atomic E-state index is 12.9. The van der Waals surface area contributed by atoms with Gasteiger partial charge in [-0.25, -0.2) is 0 Å². The van der Waals surface area contributed by atoms with E-state index in [1.54, 1.807) is 54.6 Å². The molecule has 0 radical (unpaired) electrons. The van der Waals surface area contributed by atoms with Crippen LogP contribution in [0.3, 0.4) is 0 Å². The van der Waals surface area contributed by atoms with Crippen LogP contribution in [0.2, 0.25) is 0 Å². The first kappa shape index (κ1) is 20.3. The summed E-state index contributed by atoms with van der Waals surface area (Å²) in [6.07, 6.45) is -5.57. The van der Waals surface area contributed by atoms with Gasteiger partial charge >= 0.3 is 6.18 Å². The SMILES string of the molecule is COc1cccc(OC(C(=O)Nc2cccc(C(F)(F)F)c2)c2ccccc2)c1. The minimum absolute atomic E-state index is 0.0278. The zero-order chi connectivity index (χ0) is 20.9. The highest BCUT2D eigenvalue weighted by molar-refractivity contribution is 5.95. The summed E-state index contributed by atoms with van der Waals surface area (Å²) in [4.78, 5) is 12.9. The normalized spacial score (nSPS) is 12.1. The number of methoxy groups -OCH3 is 1. The molecular formula is C22H18F3NO3. The fraction of sp³-hybridized carbons (Fsp3) is 0.136. The van der Waals surface area contributed by atoms with Crippen molar-refractivity contribution in [2.45, 2.75) is 12.3 Å². The number of rotatable bonds is 6. The number of alkyl halides is 3. The van der Waals surface area contributed by atoms with Crippen molar-refractivity contribution in [1.82, 2.24) is 0 Å². The lowest BCUT2D eigenvalue weighted by Crippen LogP contribution is -2.26. The number of halogens is 3. The molecule has 0 spiro atoms. The van der Waals surface area contributed by atoms with E-state index in [4.69, 9.17) is 9.47 Å². The van der Waals surface area contributed by atoms with Crippen LogP contribution in [0, 0.1) is 0 Å². The predicted molar refractivity (Wildman–Crippen MR) is 103 cm³/mol. The molecule has 3 aromatic rings. The fourth-order valence-electron chi connectivity index (χ4n) is 2.69. The van der Waals surface area contributed by atoms with Crippen molar-refractivity contribution in [2.75, 3.05) is 12.4 Å². The second-order valence-corrected chi connectivity index (χ2v) is 6.16. The van der Waals surface area contributed by atoms with Crippen LogP contribution in [0.5, 0.6) is 11.5 Å². The van der Waals surface area contributed by atoms with Crippen molar-refractivity contribution < 1.29 is 27.4 Å². The molecule has 0 aliphatic heterocycles. The van der Waals surface area contributed by atoms with Crippen LogP contribution in [0.15, 0.2) is 78.9 Å². The van der Waals surface area contributed by atoms with E-state index in [0.29, 0.717) is 17.1 Å². The predicted octanol–water partition coefficient (Wildman–Crippen LogP) is 5.47. The molecule has 0 bridgehead atoms. The average molecular weight is 401 g/mol. The molecule has 29 heavy (non-hydrogen) atoms. The van der Waals surface area contributed by atoms with Crippen molar-refractivity contribution in [1.29, 1.82) is 0 Å². The van der Waals surface area contributed by atoms with E-state index in [1.165, 1.54) is 19.2 Å². The maximum atomic E-state index is 12.9. The van der Waals surface area contributed by atoms with Crippen LogP contribution in [0.25, 0.3) is 0 Å². The standard InChI is InChI=1S/C22H18F3NO3/c1-28-18-11-6-12-19(14-18)29-20(15-7-3-2-4-8-15)21(27)26-17-10-5-9-16(13-17)22(23,24)25/h2-14,20H,1H3,(H,26,27). The smallest absolute Gasteiger partial charge is 0.416 e. The molecule has 0 aromatic heterocycles. The second kappa shape index (κ2) is 8.68. The zero-order valence-electron chi connectivity index (χ0n) is 15.4. The molecule has 150 valence electrons. The number of amides is 1. The summed E-state index contributed by atoms with van der Waals surface area (Å²) in [6, 6.07) is 19.9. The Balaban J connectivity index is 1.87. The summed E-state index contributed by atoms with van der Waals surface area (Å²) < 4.78 is 49.8. The van der Waals surface area contributed by atoms with Crippen molar-refractivity contribution in [3.63, 3.8) is 0 Å². The highest BCUT2D eigenvalue weighted by Gasteiger charge is 2.31. The fourth-order valence-corrected chi connectivity index (χ4v) is 2.69. The largest absolute Gasteiger partial charge is 0.497 e. The van der Waals surface area contributed by atoms with Gasteiger partial charge < -0.3 is 14.8 Å². The Labute approximate surface area is 165 Å². The number of hydrogen-bond donors (Lipinski definition) is 1. The second-order valence-electron chi connectivity index (χ2n) is 6.16. The van der Waals surface area contributed by atoms with E-state index < -0.39 is 23.8 Å². The van der Waals surface area contributed by atoms with Crippen LogP contribution >= 0.6 is 0 Å². The van der Waals surface area contributed by atoms with Gasteiger partial charge in [-0.3, -0.25) is 4.79 Å². The van der Waals surface area contributed by atoms with Gasteiger partial charge in [0.15, 0.2) is 0 Å². The molecule has 1 N–H and O–H groups in total. The highest BCUT2D eigenvalue weighted by Crippen LogP contribution is 2.31. The van der Waals surface area contributed by atoms with Gasteiger partial charge in [-0.2, -0.15) is 13.2 Å². The van der Waals surface area contributed by atoms with Gasteiger partial charge in [-0.15, -0.1) is 0 Å². The molecular weight excluding hydrogens is 383 g/mol. The molecule has 0 heterocycles. The Morgan fingerprint density at radius 2 is 1.59 bits per heavy atom. The number of nitrogens with one attached hydrogen (secondary N) is 1. The lowest BCUT2D eigenvalue weighted by molar-refractivity contribution is -0.137. The number of anilines is 1. The van der Waals surface area contributed by atoms with Crippen molar-refractivity contribution in [2.24, 2.45) is 0 Å². The summed E-state index contributed by atoms with van der Waals surface area (Å²) in [5.74, 6) is 0.336. The number of hydrogen-bond acceptors (Lipinski definition) is 3. The summed E-state index contributed by atoms with van der Waals surface area (Å²) in [7, 11) is 1.51. The third-order valence-corrected chi connectivity index (χ3v) is 4.09. The average Bonchev–Trinajstić information content (AvgIpc) is 2.72. The van der Waals surface area contributed by atoms with E-state index >= 15 is 0 Å². The Hall–Kier alpha value is -3.48. The van der Waals surface area contributed by atoms with Crippen LogP contribution in [-0.2, 0) is 11.0 Å². The van der Waals surface area contributed by atoms with E-state index in [9.17, 15) is 18.0 Å². The Bertz CT molecular complexity index is 974. The molecule has 7 heteroatoms. The molecule has 1 atom stereocenters. The van der Waals surface area contributed by atoms with Gasteiger partial charge in [0, 0.05) is 17.3 Å². The van der Waals surface area contributed by atoms with Gasteiger partial charge in [-0.1, -0.05) is 42.5 Å². The highest BCUT2D eigenvalue weighted by atomic mass is 19.4. The maximum Gasteiger partial charge on any atom is 0.416 e. The lowest BCUT2D eigenvalue weighted by atomic mass is 10.1. The molecule has 0 aliphatic carbocycles. The Morgan fingerprint density at radius 1 is 0.897 bits per heavy atom. The van der Waals surface area contributed by atoms with Gasteiger partial charge in [0.05, 0.1) is 12.7 Å². The van der Waals surface area contributed by atoms with E-state index in [-0.39, 0.29) is 5.69 Å². The van der Waals surface area contributed by atoms with Crippen LogP contribution < -0.4 is 14.8 Å². The number of ether oxygens (including phenoxy) is 2. The molecule has 0 saturated carbocycles. The molecule has 0 fully saturated rings. The lowest BCUT2D eigenvalue weighted by Gasteiger charge is -2.20. The first-order valence-electron chi connectivity index (χ1n) is 8.70. The first-order valence-corrected chi connectivity index (χ1v) is 8.70. The molecule has 0 aliphatic rings. The number of carbonyl (C=O) groups excluding carboxylic acids is 1. The van der Waals surface area contributed by atoms with Gasteiger partial charge in [-0.05, 0) is 30.3 Å².